The van der Waals surface area contributed by atoms with Crippen LogP contribution in [0.3, 0.4) is 0 Å². The molecule has 0 saturated heterocycles. The molecule has 0 aliphatic rings. The molecule has 0 spiro atoms. The molecule has 0 radical (unpaired) electrons. The first-order valence-corrected chi connectivity index (χ1v) is 14.6. The largest absolute Gasteiger partial charge is 0.497 e. The lowest BCUT2D eigenvalue weighted by molar-refractivity contribution is 0.397. The van der Waals surface area contributed by atoms with Gasteiger partial charge in [-0.3, -0.25) is 18.8 Å². The van der Waals surface area contributed by atoms with E-state index >= 15 is 0 Å². The van der Waals surface area contributed by atoms with Crippen LogP contribution >= 0.6 is 11.6 Å². The van der Waals surface area contributed by atoms with Crippen LogP contribution in [0.1, 0.15) is 17.4 Å². The monoisotopic (exact) mass is 618 g/mol. The highest BCUT2D eigenvalue weighted by molar-refractivity contribution is 7.92. The zero-order chi connectivity index (χ0) is 30.5. The molecule has 3 aromatic carbocycles. The summed E-state index contributed by atoms with van der Waals surface area (Å²) in [5.74, 6) is -1.03. The van der Waals surface area contributed by atoms with Crippen LogP contribution in [0.5, 0.6) is 11.5 Å². The third-order valence-electron chi connectivity index (χ3n) is 6.54. The number of benzene rings is 3. The number of nitrogens with zero attached hydrogens (tertiary/aromatic N) is 4. The van der Waals surface area contributed by atoms with E-state index in [0.29, 0.717) is 5.75 Å². The highest BCUT2D eigenvalue weighted by Gasteiger charge is 2.26. The molecule has 0 amide bonds. The Morgan fingerprint density at radius 3 is 2.38 bits per heavy atom. The number of nitrogens with one attached hydrogen (secondary N) is 1. The van der Waals surface area contributed by atoms with Gasteiger partial charge in [-0.1, -0.05) is 11.6 Å². The van der Waals surface area contributed by atoms with Gasteiger partial charge in [0.1, 0.15) is 34.3 Å². The Hall–Kier alpha value is -4.27. The molecule has 220 valence electrons. The number of hydrogen-bond donors (Lipinski definition) is 2. The highest BCUT2D eigenvalue weighted by atomic mass is 35.5. The van der Waals surface area contributed by atoms with E-state index in [-0.39, 0.29) is 61.9 Å². The van der Waals surface area contributed by atoms with Crippen molar-refractivity contribution in [2.45, 2.75) is 12.5 Å². The number of ether oxygens (including phenoxy) is 2. The molecule has 0 aliphatic heterocycles. The summed E-state index contributed by atoms with van der Waals surface area (Å²) in [5.41, 5.74) is 6.97. The second-order valence-corrected chi connectivity index (χ2v) is 11.7. The van der Waals surface area contributed by atoms with Crippen molar-refractivity contribution in [1.29, 1.82) is 0 Å². The molecule has 0 aliphatic carbocycles. The Bertz CT molecular complexity index is 2030. The molecule has 2 aromatic heterocycles. The zero-order valence-electron chi connectivity index (χ0n) is 22.8. The van der Waals surface area contributed by atoms with Crippen molar-refractivity contribution in [3.8, 4) is 17.2 Å². The van der Waals surface area contributed by atoms with Gasteiger partial charge in [-0.05, 0) is 36.2 Å². The van der Waals surface area contributed by atoms with Crippen LogP contribution in [0.15, 0.2) is 47.3 Å². The molecule has 0 saturated carbocycles. The first-order chi connectivity index (χ1) is 19.8. The molecule has 42 heavy (non-hydrogen) atoms. The lowest BCUT2D eigenvalue weighted by Crippen LogP contribution is -2.30. The Labute approximate surface area is 243 Å². The van der Waals surface area contributed by atoms with E-state index in [2.05, 4.69) is 9.82 Å². The maximum atomic E-state index is 14.3. The Kier molecular flexibility index (Phi) is 7.55. The van der Waals surface area contributed by atoms with Crippen molar-refractivity contribution in [3.05, 3.63) is 80.9 Å². The topological polar surface area (TPSA) is 143 Å². The molecule has 15 heteroatoms. The van der Waals surface area contributed by atoms with Gasteiger partial charge in [0, 0.05) is 25.2 Å². The number of halogens is 3. The van der Waals surface area contributed by atoms with Gasteiger partial charge in [0.05, 0.1) is 53.6 Å². The zero-order valence-corrected chi connectivity index (χ0v) is 24.3. The van der Waals surface area contributed by atoms with Gasteiger partial charge in [-0.2, -0.15) is 5.10 Å². The lowest BCUT2D eigenvalue weighted by atomic mass is 10.0. The summed E-state index contributed by atoms with van der Waals surface area (Å²) in [4.78, 5) is 19.0. The van der Waals surface area contributed by atoms with Crippen LogP contribution in [0.4, 0.5) is 14.6 Å². The normalized spacial score (nSPS) is 12.6. The van der Waals surface area contributed by atoms with Crippen molar-refractivity contribution in [1.82, 2.24) is 19.3 Å². The smallest absolute Gasteiger partial charge is 0.269 e. The van der Waals surface area contributed by atoms with E-state index in [1.54, 1.807) is 13.1 Å². The second-order valence-electron chi connectivity index (χ2n) is 9.56. The Balaban J connectivity index is 1.86. The van der Waals surface area contributed by atoms with E-state index in [1.807, 2.05) is 0 Å². The fourth-order valence-electron chi connectivity index (χ4n) is 4.89. The van der Waals surface area contributed by atoms with Crippen LogP contribution in [0.25, 0.3) is 27.5 Å². The van der Waals surface area contributed by atoms with Crippen LogP contribution in [-0.2, 0) is 23.5 Å². The van der Waals surface area contributed by atoms with Gasteiger partial charge in [0.2, 0.25) is 10.0 Å². The van der Waals surface area contributed by atoms with Gasteiger partial charge < -0.3 is 15.2 Å². The SMILES string of the molecule is COc1cc(OC)c2c(=O)n(-c3ccc(Cl)c4c(NS(C)(=O)=O)nn(C)c34)c(C(N)Cc3cc(F)cc(F)c3)nc2c1. The maximum absolute atomic E-state index is 14.3. The summed E-state index contributed by atoms with van der Waals surface area (Å²) in [6.07, 6.45) is 0.882. The van der Waals surface area contributed by atoms with Crippen LogP contribution in [0, 0.1) is 11.6 Å². The summed E-state index contributed by atoms with van der Waals surface area (Å²) in [5, 5.41) is 4.77. The first-order valence-electron chi connectivity index (χ1n) is 12.3. The number of sulfonamides is 1. The Morgan fingerprint density at radius 2 is 1.76 bits per heavy atom. The molecule has 11 nitrogen and oxygen atoms in total. The minimum atomic E-state index is -3.74. The molecule has 5 rings (SSSR count). The van der Waals surface area contributed by atoms with E-state index in [9.17, 15) is 22.0 Å². The fraction of sp³-hybridized carbons (Fsp3) is 0.222. The molecule has 0 bridgehead atoms. The number of fused-ring (bicyclic) bond motifs is 2. The number of rotatable bonds is 8. The lowest BCUT2D eigenvalue weighted by Gasteiger charge is -2.21. The molecule has 0 fully saturated rings. The predicted octanol–water partition coefficient (Wildman–Crippen LogP) is 3.84. The highest BCUT2D eigenvalue weighted by Crippen LogP contribution is 2.36. The predicted molar refractivity (Wildman–Crippen MR) is 155 cm³/mol. The van der Waals surface area contributed by atoms with Gasteiger partial charge in [-0.15, -0.1) is 0 Å². The standard InChI is InChI=1S/C27H25ClF2N6O5S/c1-35-24-20(6-5-17(28)22(24)25(33-35)34-42(4,38)39)36-26(18(31)9-13-7-14(29)10-15(30)8-13)32-19-11-16(40-2)12-21(41-3)23(19)27(36)37/h5-8,10-12,18H,9,31H2,1-4H3,(H,33,34). The third-order valence-corrected chi connectivity index (χ3v) is 7.42. The molecule has 1 atom stereocenters. The minimum Gasteiger partial charge on any atom is -0.497 e. The van der Waals surface area contributed by atoms with E-state index < -0.39 is 33.3 Å². The summed E-state index contributed by atoms with van der Waals surface area (Å²) in [6.45, 7) is 0. The number of hydrogen-bond acceptors (Lipinski definition) is 8. The second kappa shape index (κ2) is 10.9. The van der Waals surface area contributed by atoms with E-state index in [0.717, 1.165) is 24.5 Å². The van der Waals surface area contributed by atoms with Crippen molar-refractivity contribution >= 4 is 49.2 Å². The molecular weight excluding hydrogens is 594 g/mol. The molecule has 3 N–H and O–H groups in total. The van der Waals surface area contributed by atoms with Crippen molar-refractivity contribution in [2.75, 3.05) is 25.2 Å². The summed E-state index contributed by atoms with van der Waals surface area (Å²) >= 11 is 6.50. The van der Waals surface area contributed by atoms with Crippen molar-refractivity contribution in [2.24, 2.45) is 12.8 Å². The number of aryl methyl sites for hydroxylation is 1. The first kappa shape index (κ1) is 29.2. The van der Waals surface area contributed by atoms with E-state index in [1.165, 1.54) is 41.7 Å². The van der Waals surface area contributed by atoms with Gasteiger partial charge in [0.25, 0.3) is 5.56 Å². The van der Waals surface area contributed by atoms with Crippen LogP contribution in [0.2, 0.25) is 5.02 Å². The number of anilines is 1. The average Bonchev–Trinajstić information content (AvgIpc) is 3.22. The molecule has 1 unspecified atom stereocenters. The van der Waals surface area contributed by atoms with Crippen molar-refractivity contribution in [3.63, 3.8) is 0 Å². The van der Waals surface area contributed by atoms with Gasteiger partial charge in [-0.25, -0.2) is 22.2 Å². The maximum Gasteiger partial charge on any atom is 0.269 e. The third kappa shape index (κ3) is 5.35. The number of aromatic nitrogens is 4. The quantitative estimate of drug-likeness (QED) is 0.267. The number of nitrogens with two attached hydrogens (primary N) is 1. The number of methoxy groups -OCH3 is 2. The van der Waals surface area contributed by atoms with Gasteiger partial charge >= 0.3 is 0 Å². The summed E-state index contributed by atoms with van der Waals surface area (Å²) < 4.78 is 67.9. The van der Waals surface area contributed by atoms with E-state index in [4.69, 9.17) is 31.8 Å². The summed E-state index contributed by atoms with van der Waals surface area (Å²) in [6, 6.07) is 8.07. The molecule has 2 heterocycles. The Morgan fingerprint density at radius 1 is 1.07 bits per heavy atom. The van der Waals surface area contributed by atoms with Crippen molar-refractivity contribution < 1.29 is 26.7 Å². The summed E-state index contributed by atoms with van der Waals surface area (Å²) in [7, 11) is 0.647. The van der Waals surface area contributed by atoms with Crippen LogP contribution in [-0.4, -0.2) is 48.2 Å². The fourth-order valence-corrected chi connectivity index (χ4v) is 5.62. The molecular formula is C27H25ClF2N6O5S. The van der Waals surface area contributed by atoms with Gasteiger partial charge in [0.15, 0.2) is 5.82 Å². The average molecular weight is 619 g/mol. The van der Waals surface area contributed by atoms with Crippen LogP contribution < -0.4 is 25.5 Å². The minimum absolute atomic E-state index is 0.0370. The molecule has 5 aromatic rings.